The van der Waals surface area contributed by atoms with Crippen molar-refractivity contribution in [3.8, 4) is 0 Å². The van der Waals surface area contributed by atoms with E-state index in [-0.39, 0.29) is 36.6 Å². The monoisotopic (exact) mass is 391 g/mol. The molecule has 0 aromatic heterocycles. The van der Waals surface area contributed by atoms with Gasteiger partial charge in [-0.15, -0.1) is 12.4 Å². The number of benzene rings is 1. The summed E-state index contributed by atoms with van der Waals surface area (Å²) >= 11 is 0. The number of nitrogens with zero attached hydrogens (tertiary/aromatic N) is 2. The minimum Gasteiger partial charge on any atom is -0.480 e. The van der Waals surface area contributed by atoms with Gasteiger partial charge in [0.1, 0.15) is 0 Å². The lowest BCUT2D eigenvalue weighted by molar-refractivity contribution is -0.138. The predicted octanol–water partition coefficient (Wildman–Crippen LogP) is 2.19. The van der Waals surface area contributed by atoms with Crippen molar-refractivity contribution in [2.24, 2.45) is 0 Å². The van der Waals surface area contributed by atoms with E-state index in [4.69, 9.17) is 5.11 Å². The van der Waals surface area contributed by atoms with Crippen LogP contribution in [-0.4, -0.2) is 65.5 Å². The number of anilines is 1. The highest BCUT2D eigenvalue weighted by atomic mass is 35.5. The molecule has 6 nitrogen and oxygen atoms in total. The van der Waals surface area contributed by atoms with Crippen LogP contribution in [0.5, 0.6) is 0 Å². The van der Waals surface area contributed by atoms with Crippen molar-refractivity contribution in [2.75, 3.05) is 32.0 Å². The van der Waals surface area contributed by atoms with E-state index in [1.165, 1.54) is 6.07 Å². The molecule has 1 unspecified atom stereocenters. The number of carbonyl (C=O) groups is 2. The number of piperidine rings is 1. The topological polar surface area (TPSA) is 72.9 Å². The Balaban J connectivity index is 0.00000338. The Labute approximate surface area is 157 Å². The molecule has 1 aliphatic rings. The van der Waals surface area contributed by atoms with Gasteiger partial charge in [0.2, 0.25) is 5.91 Å². The molecule has 0 spiro atoms. The van der Waals surface area contributed by atoms with E-state index in [2.05, 4.69) is 5.32 Å². The van der Waals surface area contributed by atoms with Gasteiger partial charge in [-0.3, -0.25) is 19.4 Å². The summed E-state index contributed by atoms with van der Waals surface area (Å²) in [5, 5.41) is 11.4. The van der Waals surface area contributed by atoms with Crippen LogP contribution in [-0.2, 0) is 9.59 Å². The summed E-state index contributed by atoms with van der Waals surface area (Å²) in [6, 6.07) is 3.00. The Morgan fingerprint density at radius 1 is 1.31 bits per heavy atom. The minimum atomic E-state index is -1.01. The number of rotatable bonds is 6. The fraction of sp³-hybridized carbons (Fsp3) is 0.529. The lowest BCUT2D eigenvalue weighted by atomic mass is 10.0. The second kappa shape index (κ2) is 9.80. The van der Waals surface area contributed by atoms with Gasteiger partial charge in [0, 0.05) is 30.9 Å². The SMILES string of the molecule is CC(C(=O)Nc1ccc(F)c(F)c1)N1CCC(N(C)CC(=O)O)CC1.Cl. The molecule has 26 heavy (non-hydrogen) atoms. The Bertz CT molecular complexity index is 640. The number of halogens is 3. The number of nitrogens with one attached hydrogen (secondary N) is 1. The normalized spacial score (nSPS) is 16.8. The highest BCUT2D eigenvalue weighted by Gasteiger charge is 2.28. The van der Waals surface area contributed by atoms with Crippen LogP contribution >= 0.6 is 12.4 Å². The molecule has 0 aliphatic carbocycles. The maximum Gasteiger partial charge on any atom is 0.317 e. The van der Waals surface area contributed by atoms with Crippen molar-refractivity contribution in [3.63, 3.8) is 0 Å². The van der Waals surface area contributed by atoms with Gasteiger partial charge in [-0.2, -0.15) is 0 Å². The van der Waals surface area contributed by atoms with Gasteiger partial charge in [0.25, 0.3) is 0 Å². The molecule has 1 aliphatic heterocycles. The van der Waals surface area contributed by atoms with Crippen molar-refractivity contribution in [1.29, 1.82) is 0 Å². The predicted molar refractivity (Wildman–Crippen MR) is 96.6 cm³/mol. The average Bonchev–Trinajstić information content (AvgIpc) is 2.57. The molecule has 1 heterocycles. The highest BCUT2D eigenvalue weighted by molar-refractivity contribution is 5.94. The molecule has 2 N–H and O–H groups in total. The number of aliphatic carboxylic acids is 1. The lowest BCUT2D eigenvalue weighted by Gasteiger charge is -2.38. The van der Waals surface area contributed by atoms with Gasteiger partial charge >= 0.3 is 5.97 Å². The first-order valence-corrected chi connectivity index (χ1v) is 8.20. The molecular weight excluding hydrogens is 368 g/mol. The van der Waals surface area contributed by atoms with Crippen LogP contribution < -0.4 is 5.32 Å². The van der Waals surface area contributed by atoms with E-state index in [1.807, 2.05) is 9.80 Å². The van der Waals surface area contributed by atoms with Gasteiger partial charge in [-0.05, 0) is 38.9 Å². The highest BCUT2D eigenvalue weighted by Crippen LogP contribution is 2.19. The van der Waals surface area contributed by atoms with Crippen LogP contribution in [0, 0.1) is 11.6 Å². The third-order valence-corrected chi connectivity index (χ3v) is 4.62. The summed E-state index contributed by atoms with van der Waals surface area (Å²) in [5.41, 5.74) is 0.215. The molecule has 1 atom stereocenters. The molecule has 2 rings (SSSR count). The molecule has 1 aromatic rings. The van der Waals surface area contributed by atoms with Crippen LogP contribution in [0.3, 0.4) is 0 Å². The van der Waals surface area contributed by atoms with E-state index >= 15 is 0 Å². The summed E-state index contributed by atoms with van der Waals surface area (Å²) in [5.74, 6) is -3.11. The number of likely N-dealkylation sites (tertiary alicyclic amines) is 1. The molecule has 146 valence electrons. The van der Waals surface area contributed by atoms with Gasteiger partial charge in [0.05, 0.1) is 12.6 Å². The fourth-order valence-electron chi connectivity index (χ4n) is 3.04. The van der Waals surface area contributed by atoms with Crippen molar-refractivity contribution in [1.82, 2.24) is 9.80 Å². The fourth-order valence-corrected chi connectivity index (χ4v) is 3.04. The van der Waals surface area contributed by atoms with Crippen LogP contribution in [0.4, 0.5) is 14.5 Å². The molecule has 1 aromatic carbocycles. The first-order chi connectivity index (χ1) is 11.8. The number of carbonyl (C=O) groups excluding carboxylic acids is 1. The van der Waals surface area contributed by atoms with Crippen molar-refractivity contribution < 1.29 is 23.5 Å². The number of likely N-dealkylation sites (N-methyl/N-ethyl adjacent to an activating group) is 1. The second-order valence-electron chi connectivity index (χ2n) is 6.37. The zero-order valence-electron chi connectivity index (χ0n) is 14.7. The molecular formula is C17H24ClF2N3O3. The summed E-state index contributed by atoms with van der Waals surface area (Å²) in [6.07, 6.45) is 1.54. The van der Waals surface area contributed by atoms with E-state index in [1.54, 1.807) is 14.0 Å². The van der Waals surface area contributed by atoms with Crippen LogP contribution in [0.25, 0.3) is 0 Å². The molecule has 0 bridgehead atoms. The van der Waals surface area contributed by atoms with Crippen LogP contribution in [0.2, 0.25) is 0 Å². The summed E-state index contributed by atoms with van der Waals surface area (Å²) in [4.78, 5) is 26.9. The summed E-state index contributed by atoms with van der Waals surface area (Å²) in [7, 11) is 1.79. The molecule has 1 amide bonds. The molecule has 1 saturated heterocycles. The zero-order chi connectivity index (χ0) is 18.6. The number of amides is 1. The van der Waals surface area contributed by atoms with Gasteiger partial charge in [-0.25, -0.2) is 8.78 Å². The summed E-state index contributed by atoms with van der Waals surface area (Å²) in [6.45, 7) is 3.09. The molecule has 0 radical (unpaired) electrons. The summed E-state index contributed by atoms with van der Waals surface area (Å²) < 4.78 is 26.1. The van der Waals surface area contributed by atoms with Gasteiger partial charge in [-0.1, -0.05) is 0 Å². The third-order valence-electron chi connectivity index (χ3n) is 4.62. The number of carboxylic acids is 1. The van der Waals surface area contributed by atoms with Gasteiger partial charge in [0.15, 0.2) is 11.6 Å². The van der Waals surface area contributed by atoms with E-state index in [0.29, 0.717) is 13.1 Å². The van der Waals surface area contributed by atoms with Crippen molar-refractivity contribution in [2.45, 2.75) is 31.8 Å². The van der Waals surface area contributed by atoms with E-state index in [0.717, 1.165) is 25.0 Å². The molecule has 0 saturated carbocycles. The van der Waals surface area contributed by atoms with E-state index in [9.17, 15) is 18.4 Å². The maximum atomic E-state index is 13.2. The first kappa shape index (κ1) is 22.3. The zero-order valence-corrected chi connectivity index (χ0v) is 15.6. The number of carboxylic acid groups (broad SMARTS) is 1. The number of hydrogen-bond donors (Lipinski definition) is 2. The first-order valence-electron chi connectivity index (χ1n) is 8.20. The quantitative estimate of drug-likeness (QED) is 0.777. The van der Waals surface area contributed by atoms with Gasteiger partial charge < -0.3 is 10.4 Å². The van der Waals surface area contributed by atoms with E-state index < -0.39 is 23.6 Å². The smallest absolute Gasteiger partial charge is 0.317 e. The van der Waals surface area contributed by atoms with Crippen LogP contribution in [0.1, 0.15) is 19.8 Å². The maximum absolute atomic E-state index is 13.2. The second-order valence-corrected chi connectivity index (χ2v) is 6.37. The van der Waals surface area contributed by atoms with Crippen molar-refractivity contribution >= 4 is 30.0 Å². The minimum absolute atomic E-state index is 0. The number of hydrogen-bond acceptors (Lipinski definition) is 4. The Kier molecular flexibility index (Phi) is 8.39. The molecule has 1 fully saturated rings. The molecule has 9 heteroatoms. The average molecular weight is 392 g/mol. The standard InChI is InChI=1S/C17H23F2N3O3.ClH/c1-11(17(25)20-12-3-4-14(18)15(19)9-12)22-7-5-13(6-8-22)21(2)10-16(23)24;/h3-4,9,11,13H,5-8,10H2,1-2H3,(H,20,25)(H,23,24);1H. The third kappa shape index (κ3) is 5.89. The van der Waals surface area contributed by atoms with Crippen LogP contribution in [0.15, 0.2) is 18.2 Å². The lowest BCUT2D eigenvalue weighted by Crippen LogP contribution is -2.50. The Morgan fingerprint density at radius 2 is 1.92 bits per heavy atom. The Hall–Kier alpha value is -1.77. The Morgan fingerprint density at radius 3 is 2.46 bits per heavy atom. The largest absolute Gasteiger partial charge is 0.480 e. The van der Waals surface area contributed by atoms with Crippen molar-refractivity contribution in [3.05, 3.63) is 29.8 Å².